The third kappa shape index (κ3) is 5.02. The first-order valence-electron chi connectivity index (χ1n) is 10.5. The van der Waals surface area contributed by atoms with Crippen LogP contribution in [-0.2, 0) is 29.7 Å². The summed E-state index contributed by atoms with van der Waals surface area (Å²) in [5.74, 6) is 0.921. The van der Waals surface area contributed by atoms with Crippen molar-refractivity contribution in [3.8, 4) is 0 Å². The van der Waals surface area contributed by atoms with Crippen molar-refractivity contribution >= 4 is 11.8 Å². The molecule has 164 valence electrons. The molecule has 0 aliphatic carbocycles. The maximum atomic E-state index is 9.38. The predicted octanol–water partition coefficient (Wildman–Crippen LogP) is 3.95. The summed E-state index contributed by atoms with van der Waals surface area (Å²) in [7, 11) is 2.00. The highest BCUT2D eigenvalue weighted by atomic mass is 32.2. The average Bonchev–Trinajstić information content (AvgIpc) is 3.23. The van der Waals surface area contributed by atoms with Crippen molar-refractivity contribution in [2.75, 3.05) is 5.75 Å². The van der Waals surface area contributed by atoms with Gasteiger partial charge in [-0.25, -0.2) is 4.98 Å². The number of rotatable bonds is 7. The predicted molar refractivity (Wildman–Crippen MR) is 121 cm³/mol. The SMILES string of the molecule is CC1C(CSc2nccn2C)OC(c2ccc(CN)cc2)OC1c1ccc(CO)cc1. The first kappa shape index (κ1) is 22.0. The molecule has 1 aliphatic rings. The first-order chi connectivity index (χ1) is 15.1. The number of hydrogen-bond acceptors (Lipinski definition) is 6. The van der Waals surface area contributed by atoms with E-state index in [0.717, 1.165) is 33.2 Å². The first-order valence-corrected chi connectivity index (χ1v) is 11.5. The number of nitrogens with two attached hydrogens (primary N) is 1. The molecule has 0 saturated carbocycles. The van der Waals surface area contributed by atoms with Crippen LogP contribution in [0.4, 0.5) is 0 Å². The van der Waals surface area contributed by atoms with Crippen LogP contribution < -0.4 is 5.73 Å². The number of aliphatic hydroxyl groups is 1. The number of hydrogen-bond donors (Lipinski definition) is 2. The molecule has 3 N–H and O–H groups in total. The Balaban J connectivity index is 1.58. The van der Waals surface area contributed by atoms with E-state index in [1.165, 1.54) is 0 Å². The lowest BCUT2D eigenvalue weighted by Crippen LogP contribution is -2.38. The van der Waals surface area contributed by atoms with Gasteiger partial charge in [0.1, 0.15) is 0 Å². The van der Waals surface area contributed by atoms with Crippen molar-refractivity contribution in [2.24, 2.45) is 18.7 Å². The van der Waals surface area contributed by atoms with E-state index in [9.17, 15) is 5.11 Å². The molecule has 4 unspecified atom stereocenters. The van der Waals surface area contributed by atoms with E-state index in [4.69, 9.17) is 15.2 Å². The summed E-state index contributed by atoms with van der Waals surface area (Å²) < 4.78 is 14.9. The average molecular weight is 440 g/mol. The number of aliphatic hydroxyl groups excluding tert-OH is 1. The van der Waals surface area contributed by atoms with Gasteiger partial charge in [-0.1, -0.05) is 67.2 Å². The van der Waals surface area contributed by atoms with Gasteiger partial charge >= 0.3 is 0 Å². The summed E-state index contributed by atoms with van der Waals surface area (Å²) in [5.41, 5.74) is 9.78. The summed E-state index contributed by atoms with van der Waals surface area (Å²) in [6.45, 7) is 2.71. The van der Waals surface area contributed by atoms with E-state index in [1.54, 1.807) is 11.8 Å². The Bertz CT molecular complexity index is 974. The van der Waals surface area contributed by atoms with Crippen LogP contribution in [0.3, 0.4) is 0 Å². The zero-order valence-corrected chi connectivity index (χ0v) is 18.7. The molecule has 1 aromatic heterocycles. The quantitative estimate of drug-likeness (QED) is 0.543. The van der Waals surface area contributed by atoms with Crippen LogP contribution in [0.2, 0.25) is 0 Å². The second kappa shape index (κ2) is 9.97. The Hall–Kier alpha value is -2.16. The lowest BCUT2D eigenvalue weighted by atomic mass is 9.91. The fourth-order valence-electron chi connectivity index (χ4n) is 3.77. The van der Waals surface area contributed by atoms with Crippen LogP contribution >= 0.6 is 11.8 Å². The molecule has 1 fully saturated rings. The lowest BCUT2D eigenvalue weighted by molar-refractivity contribution is -0.268. The van der Waals surface area contributed by atoms with Crippen LogP contribution in [0.1, 0.15) is 41.6 Å². The zero-order chi connectivity index (χ0) is 21.8. The van der Waals surface area contributed by atoms with Gasteiger partial charge in [-0.2, -0.15) is 0 Å². The van der Waals surface area contributed by atoms with Gasteiger partial charge in [-0.15, -0.1) is 0 Å². The zero-order valence-electron chi connectivity index (χ0n) is 17.8. The van der Waals surface area contributed by atoms with Gasteiger partial charge in [-0.05, 0) is 16.7 Å². The third-order valence-corrected chi connectivity index (χ3v) is 6.91. The minimum Gasteiger partial charge on any atom is -0.392 e. The molecule has 2 heterocycles. The molecule has 2 aromatic carbocycles. The van der Waals surface area contributed by atoms with Gasteiger partial charge in [0, 0.05) is 43.2 Å². The van der Waals surface area contributed by atoms with Gasteiger partial charge in [0.25, 0.3) is 0 Å². The van der Waals surface area contributed by atoms with E-state index >= 15 is 0 Å². The van der Waals surface area contributed by atoms with Crippen LogP contribution in [0, 0.1) is 5.92 Å². The number of thioether (sulfide) groups is 1. The van der Waals surface area contributed by atoms with Crippen molar-refractivity contribution in [3.05, 3.63) is 83.2 Å². The van der Waals surface area contributed by atoms with Crippen molar-refractivity contribution < 1.29 is 14.6 Å². The Morgan fingerprint density at radius 2 is 1.71 bits per heavy atom. The summed E-state index contributed by atoms with van der Waals surface area (Å²) in [4.78, 5) is 4.42. The number of benzene rings is 2. The van der Waals surface area contributed by atoms with Crippen molar-refractivity contribution in [3.63, 3.8) is 0 Å². The molecule has 0 amide bonds. The van der Waals surface area contributed by atoms with Crippen molar-refractivity contribution in [1.29, 1.82) is 0 Å². The normalized spacial score (nSPS) is 23.7. The maximum Gasteiger partial charge on any atom is 0.184 e. The molecule has 1 saturated heterocycles. The Morgan fingerprint density at radius 1 is 1.03 bits per heavy atom. The number of ether oxygens (including phenoxy) is 2. The highest BCUT2D eigenvalue weighted by molar-refractivity contribution is 7.99. The monoisotopic (exact) mass is 439 g/mol. The minimum atomic E-state index is -0.461. The number of aryl methyl sites for hydroxylation is 1. The molecular weight excluding hydrogens is 410 g/mol. The standard InChI is InChI=1S/C24H29N3O3S/c1-16-21(15-31-24-26-11-12-27(24)2)29-23(20-9-3-17(13-25)4-10-20)30-22(16)19-7-5-18(14-28)6-8-19/h3-12,16,21-23,28H,13-15,25H2,1-2H3. The highest BCUT2D eigenvalue weighted by Crippen LogP contribution is 2.42. The Morgan fingerprint density at radius 3 is 2.32 bits per heavy atom. The second-order valence-corrected chi connectivity index (χ2v) is 8.89. The fourth-order valence-corrected chi connectivity index (χ4v) is 4.86. The van der Waals surface area contributed by atoms with E-state index in [0.29, 0.717) is 6.54 Å². The van der Waals surface area contributed by atoms with Crippen LogP contribution in [0.25, 0.3) is 0 Å². The number of imidazole rings is 1. The second-order valence-electron chi connectivity index (χ2n) is 7.90. The largest absolute Gasteiger partial charge is 0.392 e. The smallest absolute Gasteiger partial charge is 0.184 e. The summed E-state index contributed by atoms with van der Waals surface area (Å²) >= 11 is 1.69. The van der Waals surface area contributed by atoms with Gasteiger partial charge in [0.2, 0.25) is 0 Å². The van der Waals surface area contributed by atoms with E-state index in [-0.39, 0.29) is 24.7 Å². The van der Waals surface area contributed by atoms with Gasteiger partial charge in [0.15, 0.2) is 11.4 Å². The minimum absolute atomic E-state index is 0.0165. The summed E-state index contributed by atoms with van der Waals surface area (Å²) in [5, 5.41) is 10.3. The topological polar surface area (TPSA) is 82.5 Å². The van der Waals surface area contributed by atoms with Crippen LogP contribution in [0.5, 0.6) is 0 Å². The molecule has 4 rings (SSSR count). The maximum absolute atomic E-state index is 9.38. The molecular formula is C24H29N3O3S. The molecule has 1 aliphatic heterocycles. The summed E-state index contributed by atoms with van der Waals surface area (Å²) in [6, 6.07) is 16.1. The highest BCUT2D eigenvalue weighted by Gasteiger charge is 2.38. The molecule has 31 heavy (non-hydrogen) atoms. The van der Waals surface area contributed by atoms with Crippen molar-refractivity contribution in [2.45, 2.75) is 43.7 Å². The van der Waals surface area contributed by atoms with Crippen LogP contribution in [-0.4, -0.2) is 26.5 Å². The summed E-state index contributed by atoms with van der Waals surface area (Å²) in [6.07, 6.45) is 3.16. The fraction of sp³-hybridized carbons (Fsp3) is 0.375. The molecule has 7 heteroatoms. The number of aromatic nitrogens is 2. The molecule has 3 aromatic rings. The molecule has 0 bridgehead atoms. The Labute approximate surface area is 187 Å². The van der Waals surface area contributed by atoms with E-state index in [2.05, 4.69) is 11.9 Å². The third-order valence-electron chi connectivity index (χ3n) is 5.76. The Kier molecular flexibility index (Phi) is 7.09. The van der Waals surface area contributed by atoms with Crippen molar-refractivity contribution in [1.82, 2.24) is 9.55 Å². The number of nitrogens with zero attached hydrogens (tertiary/aromatic N) is 2. The van der Waals surface area contributed by atoms with E-state index in [1.807, 2.05) is 72.5 Å². The van der Waals surface area contributed by atoms with Gasteiger partial charge < -0.3 is 24.9 Å². The van der Waals surface area contributed by atoms with Crippen LogP contribution in [0.15, 0.2) is 66.1 Å². The molecule has 0 spiro atoms. The lowest BCUT2D eigenvalue weighted by Gasteiger charge is -2.41. The molecule has 4 atom stereocenters. The molecule has 0 radical (unpaired) electrons. The van der Waals surface area contributed by atoms with Gasteiger partial charge in [0.05, 0.1) is 18.8 Å². The van der Waals surface area contributed by atoms with E-state index < -0.39 is 6.29 Å². The molecule has 6 nitrogen and oxygen atoms in total. The van der Waals surface area contributed by atoms with Gasteiger partial charge in [-0.3, -0.25) is 0 Å².